The van der Waals surface area contributed by atoms with Gasteiger partial charge in [-0.2, -0.15) is 11.8 Å². The monoisotopic (exact) mass is 293 g/mol. The zero-order valence-corrected chi connectivity index (χ0v) is 11.7. The minimum absolute atomic E-state index is 0.218. The second-order valence-corrected chi connectivity index (χ2v) is 7.83. The highest BCUT2D eigenvalue weighted by molar-refractivity contribution is 7.99. The Morgan fingerprint density at radius 3 is 3.00 bits per heavy atom. The summed E-state index contributed by atoms with van der Waals surface area (Å²) in [6, 6.07) is 1.54. The number of aliphatic hydroxyl groups is 1. The van der Waals surface area contributed by atoms with E-state index in [1.54, 1.807) is 11.4 Å². The molecule has 4 nitrogen and oxygen atoms in total. The molecule has 0 amide bonds. The Morgan fingerprint density at radius 2 is 2.35 bits per heavy atom. The predicted molar refractivity (Wildman–Crippen MR) is 70.9 cm³/mol. The van der Waals surface area contributed by atoms with Crippen molar-refractivity contribution in [3.8, 4) is 0 Å². The lowest BCUT2D eigenvalue weighted by molar-refractivity contribution is 0.282. The molecule has 2 rings (SSSR count). The van der Waals surface area contributed by atoms with E-state index in [0.29, 0.717) is 17.3 Å². The van der Waals surface area contributed by atoms with Gasteiger partial charge in [-0.05, 0) is 35.3 Å². The van der Waals surface area contributed by atoms with Gasteiger partial charge in [-0.1, -0.05) is 0 Å². The lowest BCUT2D eigenvalue weighted by Crippen LogP contribution is -2.29. The lowest BCUT2D eigenvalue weighted by atomic mass is 10.1. The van der Waals surface area contributed by atoms with Gasteiger partial charge in [0.25, 0.3) is 0 Å². The molecule has 1 aromatic rings. The summed E-state index contributed by atoms with van der Waals surface area (Å²) < 4.78 is 26.6. The number of hydrogen-bond donors (Lipinski definition) is 2. The highest BCUT2D eigenvalue weighted by Gasteiger charge is 2.22. The molecule has 0 saturated carbocycles. The van der Waals surface area contributed by atoms with Gasteiger partial charge in [-0.25, -0.2) is 13.1 Å². The molecular formula is C10H15NO3S3. The second-order valence-electron chi connectivity index (χ2n) is 3.95. The SMILES string of the molecule is O=S(=O)(NCC1CCSC1)c1ccsc1CO. The minimum atomic E-state index is -3.46. The zero-order chi connectivity index (χ0) is 12.3. The highest BCUT2D eigenvalue weighted by atomic mass is 32.2. The van der Waals surface area contributed by atoms with Crippen molar-refractivity contribution in [1.29, 1.82) is 0 Å². The van der Waals surface area contributed by atoms with Crippen LogP contribution in [0.15, 0.2) is 16.3 Å². The van der Waals surface area contributed by atoms with Crippen molar-refractivity contribution in [2.24, 2.45) is 5.92 Å². The molecule has 0 aromatic carbocycles. The summed E-state index contributed by atoms with van der Waals surface area (Å²) in [4.78, 5) is 0.717. The Bertz CT molecular complexity index is 463. The number of sulfonamides is 1. The Balaban J connectivity index is 2.03. The summed E-state index contributed by atoms with van der Waals surface area (Å²) in [6.07, 6.45) is 1.07. The third kappa shape index (κ3) is 3.23. The summed E-state index contributed by atoms with van der Waals surface area (Å²) in [5, 5.41) is 10.8. The van der Waals surface area contributed by atoms with Gasteiger partial charge in [-0.15, -0.1) is 11.3 Å². The first kappa shape index (κ1) is 13.4. The van der Waals surface area contributed by atoms with Crippen LogP contribution in [0.2, 0.25) is 0 Å². The fourth-order valence-electron chi connectivity index (χ4n) is 1.73. The quantitative estimate of drug-likeness (QED) is 0.858. The van der Waals surface area contributed by atoms with Gasteiger partial charge in [-0.3, -0.25) is 0 Å². The summed E-state index contributed by atoms with van der Waals surface area (Å²) in [6.45, 7) is 0.267. The van der Waals surface area contributed by atoms with E-state index in [4.69, 9.17) is 5.11 Å². The van der Waals surface area contributed by atoms with Gasteiger partial charge in [0.05, 0.1) is 11.5 Å². The molecule has 1 atom stereocenters. The molecule has 2 N–H and O–H groups in total. The molecular weight excluding hydrogens is 278 g/mol. The fraction of sp³-hybridized carbons (Fsp3) is 0.600. The molecule has 0 bridgehead atoms. The van der Waals surface area contributed by atoms with E-state index in [1.165, 1.54) is 11.3 Å². The molecule has 17 heavy (non-hydrogen) atoms. The largest absolute Gasteiger partial charge is 0.391 e. The summed E-state index contributed by atoms with van der Waals surface area (Å²) in [5.41, 5.74) is 0. The van der Waals surface area contributed by atoms with Crippen molar-refractivity contribution < 1.29 is 13.5 Å². The summed E-state index contributed by atoms with van der Waals surface area (Å²) >= 11 is 3.13. The molecule has 0 aliphatic carbocycles. The minimum Gasteiger partial charge on any atom is -0.391 e. The molecule has 1 saturated heterocycles. The molecule has 1 fully saturated rings. The van der Waals surface area contributed by atoms with Crippen LogP contribution in [0.25, 0.3) is 0 Å². The molecule has 7 heteroatoms. The van der Waals surface area contributed by atoms with E-state index in [-0.39, 0.29) is 11.5 Å². The van der Waals surface area contributed by atoms with E-state index in [0.717, 1.165) is 17.9 Å². The average molecular weight is 293 g/mol. The van der Waals surface area contributed by atoms with Gasteiger partial charge >= 0.3 is 0 Å². The van der Waals surface area contributed by atoms with Crippen LogP contribution in [0.3, 0.4) is 0 Å². The van der Waals surface area contributed by atoms with Crippen LogP contribution in [-0.2, 0) is 16.6 Å². The van der Waals surface area contributed by atoms with Crippen LogP contribution in [0, 0.1) is 5.92 Å². The van der Waals surface area contributed by atoms with Crippen LogP contribution in [-0.4, -0.2) is 31.6 Å². The van der Waals surface area contributed by atoms with E-state index in [1.807, 2.05) is 11.8 Å². The Hall–Kier alpha value is -0.0800. The van der Waals surface area contributed by atoms with Crippen molar-refractivity contribution in [2.45, 2.75) is 17.9 Å². The first-order valence-corrected chi connectivity index (χ1v) is 8.90. The smallest absolute Gasteiger partial charge is 0.241 e. The van der Waals surface area contributed by atoms with Crippen molar-refractivity contribution in [3.63, 3.8) is 0 Å². The number of thioether (sulfide) groups is 1. The van der Waals surface area contributed by atoms with E-state index in [9.17, 15) is 8.42 Å². The molecule has 1 aliphatic heterocycles. The maximum absolute atomic E-state index is 12.0. The Morgan fingerprint density at radius 1 is 1.53 bits per heavy atom. The molecule has 96 valence electrons. The number of rotatable bonds is 5. The topological polar surface area (TPSA) is 66.4 Å². The van der Waals surface area contributed by atoms with E-state index >= 15 is 0 Å². The number of aliphatic hydroxyl groups excluding tert-OH is 1. The van der Waals surface area contributed by atoms with Gasteiger partial charge in [0.2, 0.25) is 10.0 Å². The third-order valence-electron chi connectivity index (χ3n) is 2.72. The van der Waals surface area contributed by atoms with Crippen LogP contribution >= 0.6 is 23.1 Å². The predicted octanol–water partition coefficient (Wildman–Crippen LogP) is 1.27. The fourth-order valence-corrected chi connectivity index (χ4v) is 5.43. The highest BCUT2D eigenvalue weighted by Crippen LogP contribution is 2.24. The van der Waals surface area contributed by atoms with Gasteiger partial charge in [0.15, 0.2) is 0 Å². The maximum Gasteiger partial charge on any atom is 0.241 e. The Kier molecular flexibility index (Phi) is 4.48. The second kappa shape index (κ2) is 5.71. The first-order valence-electron chi connectivity index (χ1n) is 5.38. The first-order chi connectivity index (χ1) is 8.13. The molecule has 1 aliphatic rings. The standard InChI is InChI=1S/C10H15NO3S3/c12-6-9-10(2-4-16-9)17(13,14)11-5-8-1-3-15-7-8/h2,4,8,11-12H,1,3,5-7H2. The Labute approximate surface area is 109 Å². The molecule has 0 radical (unpaired) electrons. The average Bonchev–Trinajstić information content (AvgIpc) is 2.97. The molecule has 2 heterocycles. The van der Waals surface area contributed by atoms with Crippen LogP contribution < -0.4 is 4.72 Å². The molecule has 1 unspecified atom stereocenters. The summed E-state index contributed by atoms with van der Waals surface area (Å²) in [5.74, 6) is 2.58. The van der Waals surface area contributed by atoms with Crippen molar-refractivity contribution in [3.05, 3.63) is 16.3 Å². The van der Waals surface area contributed by atoms with Crippen molar-refractivity contribution >= 4 is 33.1 Å². The van der Waals surface area contributed by atoms with Crippen LogP contribution in [0.1, 0.15) is 11.3 Å². The number of nitrogens with one attached hydrogen (secondary N) is 1. The third-order valence-corrected chi connectivity index (χ3v) is 6.50. The zero-order valence-electron chi connectivity index (χ0n) is 9.26. The maximum atomic E-state index is 12.0. The lowest BCUT2D eigenvalue weighted by Gasteiger charge is -2.10. The van der Waals surface area contributed by atoms with E-state index in [2.05, 4.69) is 4.72 Å². The van der Waals surface area contributed by atoms with Crippen molar-refractivity contribution in [2.75, 3.05) is 18.1 Å². The summed E-state index contributed by atoms with van der Waals surface area (Å²) in [7, 11) is -3.46. The van der Waals surface area contributed by atoms with Gasteiger partial charge < -0.3 is 5.11 Å². The normalized spacial score (nSPS) is 20.9. The van der Waals surface area contributed by atoms with Crippen molar-refractivity contribution in [1.82, 2.24) is 4.72 Å². The molecule has 1 aromatic heterocycles. The van der Waals surface area contributed by atoms with Crippen LogP contribution in [0.4, 0.5) is 0 Å². The van der Waals surface area contributed by atoms with E-state index < -0.39 is 10.0 Å². The molecule has 0 spiro atoms. The number of hydrogen-bond acceptors (Lipinski definition) is 5. The number of thiophene rings is 1. The van der Waals surface area contributed by atoms with Gasteiger partial charge in [0, 0.05) is 11.4 Å². The van der Waals surface area contributed by atoms with Crippen LogP contribution in [0.5, 0.6) is 0 Å². The van der Waals surface area contributed by atoms with Gasteiger partial charge in [0.1, 0.15) is 0 Å².